The number of nitrogens with one attached hydrogen (secondary N) is 1. The summed E-state index contributed by atoms with van der Waals surface area (Å²) in [7, 11) is 0. The summed E-state index contributed by atoms with van der Waals surface area (Å²) in [6.45, 7) is 3.72. The van der Waals surface area contributed by atoms with E-state index < -0.39 is 0 Å². The minimum atomic E-state index is -0.203. The molecule has 1 saturated heterocycles. The minimum absolute atomic E-state index is 0.0823. The molecule has 25 heavy (non-hydrogen) atoms. The molecule has 1 heterocycles. The molecule has 1 aliphatic heterocycles. The maximum atomic E-state index is 12.5. The number of rotatable bonds is 7. The van der Waals surface area contributed by atoms with Gasteiger partial charge in [-0.1, -0.05) is 23.2 Å². The first kappa shape index (κ1) is 18.8. The van der Waals surface area contributed by atoms with Crippen molar-refractivity contribution in [3.63, 3.8) is 0 Å². The van der Waals surface area contributed by atoms with E-state index in [-0.39, 0.29) is 23.1 Å². The minimum Gasteiger partial charge on any atom is -0.489 e. The van der Waals surface area contributed by atoms with Gasteiger partial charge in [-0.25, -0.2) is 0 Å². The van der Waals surface area contributed by atoms with Crippen molar-refractivity contribution in [1.29, 1.82) is 0 Å². The van der Waals surface area contributed by atoms with Gasteiger partial charge >= 0.3 is 0 Å². The number of hydrogen-bond acceptors (Lipinski definition) is 4. The zero-order valence-corrected chi connectivity index (χ0v) is 15.8. The summed E-state index contributed by atoms with van der Waals surface area (Å²) in [6, 6.07) is 3.68. The normalized spacial score (nSPS) is 19.0. The summed E-state index contributed by atoms with van der Waals surface area (Å²) in [5, 5.41) is 3.59. The molecule has 1 aromatic carbocycles. The molecule has 0 spiro atoms. The smallest absolute Gasteiger partial charge is 0.256 e. The number of nitrogens with two attached hydrogens (primary N) is 1. The fourth-order valence-corrected chi connectivity index (χ4v) is 3.47. The first-order chi connectivity index (χ1) is 12.1. The molecule has 1 aliphatic carbocycles. The molecule has 138 valence electrons. The molecule has 1 saturated carbocycles. The molecular weight excluding hydrogens is 361 g/mol. The Bertz CT molecular complexity index is 615. The Balaban J connectivity index is 1.66. The number of benzene rings is 1. The lowest BCUT2D eigenvalue weighted by Gasteiger charge is -2.32. The van der Waals surface area contributed by atoms with E-state index >= 15 is 0 Å². The lowest BCUT2D eigenvalue weighted by atomic mass is 10.1. The van der Waals surface area contributed by atoms with Crippen molar-refractivity contribution in [2.75, 3.05) is 26.2 Å². The van der Waals surface area contributed by atoms with Crippen LogP contribution < -0.4 is 15.8 Å². The molecule has 1 amide bonds. The molecule has 2 fully saturated rings. The van der Waals surface area contributed by atoms with Crippen LogP contribution in [0.5, 0.6) is 5.75 Å². The summed E-state index contributed by atoms with van der Waals surface area (Å²) in [6.07, 6.45) is 4.98. The van der Waals surface area contributed by atoms with Crippen molar-refractivity contribution >= 4 is 29.1 Å². The number of likely N-dealkylation sites (tertiary alicyclic amines) is 1. The first-order valence-corrected chi connectivity index (χ1v) is 9.72. The van der Waals surface area contributed by atoms with Crippen LogP contribution in [0.15, 0.2) is 12.1 Å². The quantitative estimate of drug-likeness (QED) is 0.756. The Kier molecular flexibility index (Phi) is 6.44. The second-order valence-electron chi connectivity index (χ2n) is 6.78. The van der Waals surface area contributed by atoms with Crippen molar-refractivity contribution in [2.45, 2.75) is 44.2 Å². The van der Waals surface area contributed by atoms with Gasteiger partial charge in [0.1, 0.15) is 17.4 Å². The van der Waals surface area contributed by atoms with E-state index in [1.807, 2.05) is 0 Å². The Morgan fingerprint density at radius 3 is 2.60 bits per heavy atom. The number of ether oxygens (including phenoxy) is 1. The van der Waals surface area contributed by atoms with E-state index in [2.05, 4.69) is 10.2 Å². The van der Waals surface area contributed by atoms with Crippen molar-refractivity contribution < 1.29 is 9.53 Å². The molecule has 2 aliphatic rings. The van der Waals surface area contributed by atoms with Crippen LogP contribution in [-0.4, -0.2) is 49.1 Å². The second-order valence-corrected chi connectivity index (χ2v) is 7.57. The topological polar surface area (TPSA) is 67.6 Å². The average Bonchev–Trinajstić information content (AvgIpc) is 3.41. The molecule has 3 N–H and O–H groups in total. The zero-order valence-electron chi connectivity index (χ0n) is 14.3. The monoisotopic (exact) mass is 385 g/mol. The number of halogens is 2. The lowest BCUT2D eigenvalue weighted by molar-refractivity contribution is 0.0903. The van der Waals surface area contributed by atoms with Gasteiger partial charge in [0.05, 0.1) is 10.0 Å². The van der Waals surface area contributed by atoms with Gasteiger partial charge in [0.2, 0.25) is 0 Å². The van der Waals surface area contributed by atoms with Gasteiger partial charge in [-0.2, -0.15) is 0 Å². The van der Waals surface area contributed by atoms with Gasteiger partial charge in [0.15, 0.2) is 0 Å². The standard InChI is InChI=1S/C18H25Cl2N3O2/c19-14-4-5-15(16(17(14)20)18(24)22-12-2-3-12)25-13-6-10-23(11-7-13)9-1-8-21/h4-5,12-13H,1-3,6-11,21H2,(H,22,24). The summed E-state index contributed by atoms with van der Waals surface area (Å²) < 4.78 is 6.14. The summed E-state index contributed by atoms with van der Waals surface area (Å²) in [4.78, 5) is 15.0. The lowest BCUT2D eigenvalue weighted by Crippen LogP contribution is -2.39. The molecule has 7 heteroatoms. The molecule has 0 atom stereocenters. The summed E-state index contributed by atoms with van der Waals surface area (Å²) in [5.41, 5.74) is 5.93. The van der Waals surface area contributed by atoms with Crippen LogP contribution in [-0.2, 0) is 0 Å². The molecule has 3 rings (SSSR count). The van der Waals surface area contributed by atoms with Crippen LogP contribution in [0.25, 0.3) is 0 Å². The maximum Gasteiger partial charge on any atom is 0.256 e. The van der Waals surface area contributed by atoms with E-state index in [0.29, 0.717) is 16.3 Å². The van der Waals surface area contributed by atoms with E-state index in [1.54, 1.807) is 12.1 Å². The SMILES string of the molecule is NCCCN1CCC(Oc2ccc(Cl)c(Cl)c2C(=O)NC2CC2)CC1. The number of piperidine rings is 1. The molecule has 0 unspecified atom stereocenters. The summed E-state index contributed by atoms with van der Waals surface area (Å²) in [5.74, 6) is 0.318. The summed E-state index contributed by atoms with van der Waals surface area (Å²) >= 11 is 12.4. The Labute approximate surface area is 158 Å². The number of hydrogen-bond donors (Lipinski definition) is 2. The molecule has 0 bridgehead atoms. The van der Waals surface area contributed by atoms with Crippen LogP contribution in [0.2, 0.25) is 10.0 Å². The Hall–Kier alpha value is -1.01. The largest absolute Gasteiger partial charge is 0.489 e. The predicted octanol–water partition coefficient (Wildman–Crippen LogP) is 3.08. The first-order valence-electron chi connectivity index (χ1n) is 8.96. The second kappa shape index (κ2) is 8.58. The van der Waals surface area contributed by atoms with Crippen molar-refractivity contribution in [2.24, 2.45) is 5.73 Å². The van der Waals surface area contributed by atoms with Gasteiger partial charge < -0.3 is 20.7 Å². The third kappa shape index (κ3) is 5.00. The van der Waals surface area contributed by atoms with Gasteiger partial charge in [-0.15, -0.1) is 0 Å². The van der Waals surface area contributed by atoms with Crippen LogP contribution in [0.4, 0.5) is 0 Å². The van der Waals surface area contributed by atoms with Gasteiger partial charge in [0.25, 0.3) is 5.91 Å². The third-order valence-corrected chi connectivity index (χ3v) is 5.51. The van der Waals surface area contributed by atoms with Crippen LogP contribution in [0, 0.1) is 0 Å². The van der Waals surface area contributed by atoms with E-state index in [1.165, 1.54) is 0 Å². The number of carbonyl (C=O) groups excluding carboxylic acids is 1. The third-order valence-electron chi connectivity index (χ3n) is 4.70. The average molecular weight is 386 g/mol. The van der Waals surface area contributed by atoms with Crippen LogP contribution in [0.3, 0.4) is 0 Å². The van der Waals surface area contributed by atoms with Crippen molar-refractivity contribution in [1.82, 2.24) is 10.2 Å². The fraction of sp³-hybridized carbons (Fsp3) is 0.611. The number of carbonyl (C=O) groups is 1. The number of nitrogens with zero attached hydrogens (tertiary/aromatic N) is 1. The van der Waals surface area contributed by atoms with Crippen molar-refractivity contribution in [3.05, 3.63) is 27.7 Å². The molecule has 5 nitrogen and oxygen atoms in total. The molecule has 0 radical (unpaired) electrons. The zero-order chi connectivity index (χ0) is 17.8. The predicted molar refractivity (Wildman–Crippen MR) is 101 cm³/mol. The van der Waals surface area contributed by atoms with Crippen LogP contribution >= 0.6 is 23.2 Å². The van der Waals surface area contributed by atoms with Gasteiger partial charge in [-0.05, 0) is 57.3 Å². The molecular formula is C18H25Cl2N3O2. The van der Waals surface area contributed by atoms with E-state index in [4.69, 9.17) is 33.7 Å². The Morgan fingerprint density at radius 2 is 1.96 bits per heavy atom. The van der Waals surface area contributed by atoms with Gasteiger partial charge in [-0.3, -0.25) is 4.79 Å². The van der Waals surface area contributed by atoms with Gasteiger partial charge in [0, 0.05) is 19.1 Å². The Morgan fingerprint density at radius 1 is 1.24 bits per heavy atom. The number of amides is 1. The van der Waals surface area contributed by atoms with E-state index in [9.17, 15) is 4.79 Å². The van der Waals surface area contributed by atoms with Crippen molar-refractivity contribution in [3.8, 4) is 5.75 Å². The van der Waals surface area contributed by atoms with Crippen LogP contribution in [0.1, 0.15) is 42.5 Å². The highest BCUT2D eigenvalue weighted by Crippen LogP contribution is 2.35. The highest BCUT2D eigenvalue weighted by atomic mass is 35.5. The molecule has 0 aromatic heterocycles. The van der Waals surface area contributed by atoms with E-state index in [0.717, 1.165) is 58.3 Å². The highest BCUT2D eigenvalue weighted by Gasteiger charge is 2.29. The fourth-order valence-electron chi connectivity index (χ4n) is 3.07. The maximum absolute atomic E-state index is 12.5. The highest BCUT2D eigenvalue weighted by molar-refractivity contribution is 6.44. The molecule has 1 aromatic rings.